The van der Waals surface area contributed by atoms with Crippen LogP contribution in [0.2, 0.25) is 0 Å². The molecule has 0 unspecified atom stereocenters. The molecule has 0 aliphatic rings. The molecule has 1 amide bonds. The molecule has 0 bridgehead atoms. The third kappa shape index (κ3) is 4.94. The van der Waals surface area contributed by atoms with Gasteiger partial charge in [-0.05, 0) is 51.3 Å². The van der Waals surface area contributed by atoms with Gasteiger partial charge in [-0.15, -0.1) is 0 Å². The Hall–Kier alpha value is -2.12. The normalized spacial score (nSPS) is 10.3. The molecule has 0 fully saturated rings. The van der Waals surface area contributed by atoms with Crippen molar-refractivity contribution in [3.8, 4) is 11.5 Å². The zero-order valence-corrected chi connectivity index (χ0v) is 14.9. The molecule has 0 heterocycles. The molecule has 5 nitrogen and oxygen atoms in total. The molecule has 0 saturated carbocycles. The number of halogens is 2. The van der Waals surface area contributed by atoms with Crippen LogP contribution in [0.15, 0.2) is 40.9 Å². The van der Waals surface area contributed by atoms with Crippen molar-refractivity contribution >= 4 is 21.8 Å². The summed E-state index contributed by atoms with van der Waals surface area (Å²) in [5.74, 6) is 0.499. The van der Waals surface area contributed by atoms with Gasteiger partial charge in [0.25, 0.3) is 0 Å². The summed E-state index contributed by atoms with van der Waals surface area (Å²) in [5.41, 5.74) is 3.85. The smallest absolute Gasteiger partial charge is 0.247 e. The summed E-state index contributed by atoms with van der Waals surface area (Å²) in [6, 6.07) is 9.75. The predicted molar refractivity (Wildman–Crippen MR) is 90.3 cm³/mol. The van der Waals surface area contributed by atoms with Crippen molar-refractivity contribution in [1.82, 2.24) is 5.48 Å². The number of nitrogens with one attached hydrogen (secondary N) is 1. The number of carbonyl (C=O) groups is 1. The second-order valence-electron chi connectivity index (χ2n) is 4.93. The molecule has 128 valence electrons. The largest absolute Gasteiger partial charge is 0.493 e. The van der Waals surface area contributed by atoms with Crippen molar-refractivity contribution in [3.05, 3.63) is 57.8 Å². The summed E-state index contributed by atoms with van der Waals surface area (Å²) in [4.78, 5) is 17.1. The van der Waals surface area contributed by atoms with E-state index in [0.29, 0.717) is 16.0 Å². The van der Waals surface area contributed by atoms with Gasteiger partial charge in [0, 0.05) is 0 Å². The van der Waals surface area contributed by atoms with Crippen LogP contribution >= 0.6 is 15.9 Å². The number of carbonyl (C=O) groups excluding carboxylic acids is 1. The van der Waals surface area contributed by atoms with E-state index in [1.807, 2.05) is 0 Å². The summed E-state index contributed by atoms with van der Waals surface area (Å²) in [7, 11) is 3.08. The second-order valence-corrected chi connectivity index (χ2v) is 5.78. The fourth-order valence-electron chi connectivity index (χ4n) is 2.04. The van der Waals surface area contributed by atoms with Crippen molar-refractivity contribution in [3.63, 3.8) is 0 Å². The number of hydroxylamine groups is 1. The van der Waals surface area contributed by atoms with Gasteiger partial charge in [-0.1, -0.05) is 12.1 Å². The standard InChI is InChI=1S/C17H17BrFNO4/c1-22-15-6-4-11(8-16(15)23-2)9-17(21)20-24-10-12-3-5-14(19)13(18)7-12/h3-8H,9-10H2,1-2H3,(H,20,21). The van der Waals surface area contributed by atoms with Crippen molar-refractivity contribution in [2.24, 2.45) is 0 Å². The first-order valence-electron chi connectivity index (χ1n) is 7.09. The molecular formula is C17H17BrFNO4. The lowest BCUT2D eigenvalue weighted by Crippen LogP contribution is -2.25. The van der Waals surface area contributed by atoms with Gasteiger partial charge in [0.2, 0.25) is 5.91 Å². The molecule has 2 aromatic rings. The van der Waals surface area contributed by atoms with E-state index in [4.69, 9.17) is 14.3 Å². The maximum Gasteiger partial charge on any atom is 0.247 e. The second kappa shape index (κ2) is 8.65. The molecule has 0 radical (unpaired) electrons. The van der Waals surface area contributed by atoms with Gasteiger partial charge in [0.1, 0.15) is 5.82 Å². The highest BCUT2D eigenvalue weighted by atomic mass is 79.9. The highest BCUT2D eigenvalue weighted by Crippen LogP contribution is 2.27. The first-order valence-corrected chi connectivity index (χ1v) is 7.88. The molecule has 2 rings (SSSR count). The minimum absolute atomic E-state index is 0.132. The van der Waals surface area contributed by atoms with Gasteiger partial charge in [-0.25, -0.2) is 9.87 Å². The molecule has 0 aliphatic heterocycles. The van der Waals surface area contributed by atoms with Crippen LogP contribution in [-0.4, -0.2) is 20.1 Å². The van der Waals surface area contributed by atoms with Crippen LogP contribution in [0, 0.1) is 5.82 Å². The fraction of sp³-hybridized carbons (Fsp3) is 0.235. The number of hydrogen-bond donors (Lipinski definition) is 1. The zero-order valence-electron chi connectivity index (χ0n) is 13.3. The minimum atomic E-state index is -0.351. The SMILES string of the molecule is COc1ccc(CC(=O)NOCc2ccc(F)c(Br)c2)cc1OC. The average molecular weight is 398 g/mol. The average Bonchev–Trinajstić information content (AvgIpc) is 2.58. The predicted octanol–water partition coefficient (Wildman–Crippen LogP) is 3.40. The van der Waals surface area contributed by atoms with E-state index < -0.39 is 0 Å². The minimum Gasteiger partial charge on any atom is -0.493 e. The fourth-order valence-corrected chi connectivity index (χ4v) is 2.47. The Bertz CT molecular complexity index is 724. The van der Waals surface area contributed by atoms with Crippen LogP contribution in [-0.2, 0) is 22.7 Å². The van der Waals surface area contributed by atoms with Crippen LogP contribution in [0.3, 0.4) is 0 Å². The Morgan fingerprint density at radius 3 is 2.46 bits per heavy atom. The molecule has 0 aromatic heterocycles. The van der Waals surface area contributed by atoms with Gasteiger partial charge >= 0.3 is 0 Å². The molecule has 0 spiro atoms. The number of rotatable bonds is 7. The number of hydrogen-bond acceptors (Lipinski definition) is 4. The van der Waals surface area contributed by atoms with E-state index in [2.05, 4.69) is 21.4 Å². The van der Waals surface area contributed by atoms with Crippen LogP contribution in [0.4, 0.5) is 4.39 Å². The van der Waals surface area contributed by atoms with E-state index in [1.165, 1.54) is 13.2 Å². The van der Waals surface area contributed by atoms with Crippen LogP contribution < -0.4 is 15.0 Å². The Kier molecular flexibility index (Phi) is 6.57. The molecule has 0 saturated heterocycles. The third-order valence-electron chi connectivity index (χ3n) is 3.22. The summed E-state index contributed by atoms with van der Waals surface area (Å²) in [6.07, 6.45) is 0.132. The van der Waals surface area contributed by atoms with Gasteiger partial charge in [-0.2, -0.15) is 0 Å². The molecule has 24 heavy (non-hydrogen) atoms. The van der Waals surface area contributed by atoms with E-state index >= 15 is 0 Å². The summed E-state index contributed by atoms with van der Waals surface area (Å²) in [6.45, 7) is 0.135. The summed E-state index contributed by atoms with van der Waals surface area (Å²) < 4.78 is 23.8. The number of methoxy groups -OCH3 is 2. The Balaban J connectivity index is 1.86. The van der Waals surface area contributed by atoms with Crippen molar-refractivity contribution in [2.45, 2.75) is 13.0 Å². The lowest BCUT2D eigenvalue weighted by Gasteiger charge is -2.10. The number of ether oxygens (including phenoxy) is 2. The van der Waals surface area contributed by atoms with Crippen molar-refractivity contribution < 1.29 is 23.5 Å². The topological polar surface area (TPSA) is 56.8 Å². The highest BCUT2D eigenvalue weighted by Gasteiger charge is 2.09. The monoisotopic (exact) mass is 397 g/mol. The molecule has 0 atom stereocenters. The number of benzene rings is 2. The van der Waals surface area contributed by atoms with Crippen LogP contribution in [0.1, 0.15) is 11.1 Å². The Labute approximate surface area is 147 Å². The van der Waals surface area contributed by atoms with E-state index in [-0.39, 0.29) is 24.8 Å². The maximum atomic E-state index is 13.1. The molecular weight excluding hydrogens is 381 g/mol. The van der Waals surface area contributed by atoms with Gasteiger partial charge in [-0.3, -0.25) is 9.63 Å². The van der Waals surface area contributed by atoms with Crippen molar-refractivity contribution in [2.75, 3.05) is 14.2 Å². The van der Waals surface area contributed by atoms with Gasteiger partial charge in [0.15, 0.2) is 11.5 Å². The summed E-state index contributed by atoms with van der Waals surface area (Å²) in [5, 5.41) is 0. The van der Waals surface area contributed by atoms with E-state index in [9.17, 15) is 9.18 Å². The number of amides is 1. The van der Waals surface area contributed by atoms with Crippen LogP contribution in [0.25, 0.3) is 0 Å². The zero-order chi connectivity index (χ0) is 17.5. The van der Waals surface area contributed by atoms with E-state index in [0.717, 1.165) is 11.1 Å². The van der Waals surface area contributed by atoms with Crippen molar-refractivity contribution in [1.29, 1.82) is 0 Å². The van der Waals surface area contributed by atoms with Gasteiger partial charge < -0.3 is 9.47 Å². The van der Waals surface area contributed by atoms with Crippen LogP contribution in [0.5, 0.6) is 11.5 Å². The van der Waals surface area contributed by atoms with E-state index in [1.54, 1.807) is 37.4 Å². The molecule has 2 aromatic carbocycles. The first-order chi connectivity index (χ1) is 11.5. The lowest BCUT2D eigenvalue weighted by molar-refractivity contribution is -0.133. The highest BCUT2D eigenvalue weighted by molar-refractivity contribution is 9.10. The summed E-state index contributed by atoms with van der Waals surface area (Å²) >= 11 is 3.10. The lowest BCUT2D eigenvalue weighted by atomic mass is 10.1. The Morgan fingerprint density at radius 2 is 1.79 bits per heavy atom. The maximum absolute atomic E-state index is 13.1. The Morgan fingerprint density at radius 1 is 1.08 bits per heavy atom. The quantitative estimate of drug-likeness (QED) is 0.727. The molecule has 1 N–H and O–H groups in total. The first kappa shape index (κ1) is 18.2. The van der Waals surface area contributed by atoms with Gasteiger partial charge in [0.05, 0.1) is 31.7 Å². The molecule has 7 heteroatoms. The third-order valence-corrected chi connectivity index (χ3v) is 3.83. The molecule has 0 aliphatic carbocycles.